The molecule has 2 aromatic heterocycles. The maximum Gasteiger partial charge on any atom is 0.511 e. The van der Waals surface area contributed by atoms with Gasteiger partial charge in [-0.1, -0.05) is 53.9 Å². The molecule has 1 fully saturated rings. The second-order valence-corrected chi connectivity index (χ2v) is 12.8. The van der Waals surface area contributed by atoms with Gasteiger partial charge in [0.25, 0.3) is 0 Å². The lowest BCUT2D eigenvalue weighted by molar-refractivity contribution is -0.0496. The van der Waals surface area contributed by atoms with E-state index in [1.165, 1.54) is 11.3 Å². The summed E-state index contributed by atoms with van der Waals surface area (Å²) in [5.74, 6) is 0. The van der Waals surface area contributed by atoms with E-state index in [2.05, 4.69) is 20.8 Å². The van der Waals surface area contributed by atoms with Gasteiger partial charge in [-0.15, -0.1) is 10.2 Å². The molecule has 4 N–H and O–H groups in total. The highest BCUT2D eigenvalue weighted by atomic mass is 32.2. The minimum atomic E-state index is -5.36. The van der Waals surface area contributed by atoms with Crippen LogP contribution in [-0.2, 0) is 22.9 Å². The molecule has 5 rings (SSSR count). The molecule has 0 unspecified atom stereocenters. The van der Waals surface area contributed by atoms with Gasteiger partial charge in [-0.25, -0.2) is 8.42 Å². The Morgan fingerprint density at radius 1 is 1.10 bits per heavy atom. The van der Waals surface area contributed by atoms with Crippen molar-refractivity contribution in [2.75, 3.05) is 18.8 Å². The Labute approximate surface area is 232 Å². The minimum absolute atomic E-state index is 0.182. The number of hydrogen-bond acceptors (Lipinski definition) is 7. The Bertz CT molecular complexity index is 1640. The number of nitrogens with zero attached hydrogens (tertiary/aromatic N) is 4. The first-order chi connectivity index (χ1) is 18.4. The van der Waals surface area contributed by atoms with Crippen molar-refractivity contribution in [1.82, 2.24) is 19.1 Å². The average molecular weight is 595 g/mol. The van der Waals surface area contributed by atoms with E-state index in [1.807, 2.05) is 42.6 Å². The summed E-state index contributed by atoms with van der Waals surface area (Å²) < 4.78 is 65.7. The molecule has 3 heterocycles. The highest BCUT2D eigenvalue weighted by Crippen LogP contribution is 2.38. The summed E-state index contributed by atoms with van der Waals surface area (Å²) in [6.45, 7) is -0.423. The largest absolute Gasteiger partial charge is 0.511 e. The fourth-order valence-electron chi connectivity index (χ4n) is 4.95. The number of halogens is 3. The molecular formula is C25H25F3N6O2S3. The quantitative estimate of drug-likeness (QED) is 0.299. The van der Waals surface area contributed by atoms with Gasteiger partial charge in [0.2, 0.25) is 5.13 Å². The lowest BCUT2D eigenvalue weighted by atomic mass is 10.0. The molecular weight excluding hydrogens is 570 g/mol. The fourth-order valence-corrected chi connectivity index (χ4v) is 6.67. The van der Waals surface area contributed by atoms with E-state index in [1.54, 1.807) is 0 Å². The van der Waals surface area contributed by atoms with Gasteiger partial charge in [0.05, 0.1) is 0 Å². The van der Waals surface area contributed by atoms with Crippen LogP contribution < -0.4 is 11.5 Å². The molecule has 0 atom stereocenters. The molecule has 1 aliphatic heterocycles. The predicted molar refractivity (Wildman–Crippen MR) is 150 cm³/mol. The molecule has 1 saturated heterocycles. The van der Waals surface area contributed by atoms with Crippen molar-refractivity contribution in [3.05, 3.63) is 64.8 Å². The summed E-state index contributed by atoms with van der Waals surface area (Å²) in [6, 6.07) is 13.5. The summed E-state index contributed by atoms with van der Waals surface area (Å²) in [5.41, 5.74) is 10.8. The van der Waals surface area contributed by atoms with Crippen molar-refractivity contribution in [2.45, 2.75) is 37.2 Å². The number of alkyl halides is 3. The second-order valence-electron chi connectivity index (χ2n) is 9.36. The number of nitrogens with two attached hydrogens (primary N) is 2. The molecule has 8 nitrogen and oxygen atoms in total. The van der Waals surface area contributed by atoms with Gasteiger partial charge >= 0.3 is 15.5 Å². The number of piperidine rings is 1. The van der Waals surface area contributed by atoms with Gasteiger partial charge in [0.1, 0.15) is 10.00 Å². The van der Waals surface area contributed by atoms with Crippen LogP contribution in [0.2, 0.25) is 0 Å². The lowest BCUT2D eigenvalue weighted by Gasteiger charge is -2.32. The molecule has 0 radical (unpaired) electrons. The van der Waals surface area contributed by atoms with Crippen molar-refractivity contribution < 1.29 is 21.6 Å². The zero-order valence-corrected chi connectivity index (χ0v) is 23.0. The van der Waals surface area contributed by atoms with E-state index in [0.29, 0.717) is 22.3 Å². The molecule has 206 valence electrons. The van der Waals surface area contributed by atoms with Gasteiger partial charge < -0.3 is 16.0 Å². The van der Waals surface area contributed by atoms with Crippen LogP contribution in [0.5, 0.6) is 0 Å². The van der Waals surface area contributed by atoms with Gasteiger partial charge in [-0.05, 0) is 42.5 Å². The summed E-state index contributed by atoms with van der Waals surface area (Å²) in [6.07, 6.45) is 3.85. The Morgan fingerprint density at radius 2 is 1.85 bits per heavy atom. The van der Waals surface area contributed by atoms with Crippen LogP contribution >= 0.6 is 23.6 Å². The van der Waals surface area contributed by atoms with E-state index < -0.39 is 15.5 Å². The van der Waals surface area contributed by atoms with Crippen molar-refractivity contribution in [1.29, 1.82) is 0 Å². The van der Waals surface area contributed by atoms with Crippen molar-refractivity contribution in [3.8, 4) is 11.1 Å². The highest BCUT2D eigenvalue weighted by molar-refractivity contribution is 7.90. The van der Waals surface area contributed by atoms with Crippen molar-refractivity contribution in [2.24, 2.45) is 5.73 Å². The SMILES string of the molecule is NC(=S)c1cccc(-c2cn(C3CCN(S(=O)(=O)C(F)(F)F)CC3)c3cc(CCc4nnc(N)s4)ccc23)c1. The Hall–Kier alpha value is -3.07. The second kappa shape index (κ2) is 10.5. The third kappa shape index (κ3) is 5.51. The van der Waals surface area contributed by atoms with E-state index in [9.17, 15) is 21.6 Å². The molecule has 0 saturated carbocycles. The third-order valence-electron chi connectivity index (χ3n) is 6.92. The van der Waals surface area contributed by atoms with Crippen LogP contribution in [0.3, 0.4) is 0 Å². The van der Waals surface area contributed by atoms with E-state index in [0.717, 1.165) is 38.2 Å². The number of aryl methyl sites for hydroxylation is 2. The Balaban J connectivity index is 1.50. The summed E-state index contributed by atoms with van der Waals surface area (Å²) in [5, 5.41) is 10.1. The van der Waals surface area contributed by atoms with Gasteiger partial charge in [0.15, 0.2) is 0 Å². The highest BCUT2D eigenvalue weighted by Gasteiger charge is 2.50. The van der Waals surface area contributed by atoms with Crippen LogP contribution in [-0.4, -0.2) is 51.1 Å². The molecule has 4 aromatic rings. The smallest absolute Gasteiger partial charge is 0.389 e. The lowest BCUT2D eigenvalue weighted by Crippen LogP contribution is -2.45. The van der Waals surface area contributed by atoms with Crippen molar-refractivity contribution in [3.63, 3.8) is 0 Å². The monoisotopic (exact) mass is 594 g/mol. The van der Waals surface area contributed by atoms with Crippen LogP contribution in [0.1, 0.15) is 35.0 Å². The molecule has 1 aliphatic rings. The third-order valence-corrected chi connectivity index (χ3v) is 9.59. The number of rotatable bonds is 7. The number of thiocarbonyl (C=S) groups is 1. The molecule has 0 aliphatic carbocycles. The summed E-state index contributed by atoms with van der Waals surface area (Å²) in [7, 11) is -5.36. The number of anilines is 1. The van der Waals surface area contributed by atoms with Gasteiger partial charge in [0, 0.05) is 53.8 Å². The zero-order valence-electron chi connectivity index (χ0n) is 20.6. The number of nitrogen functional groups attached to an aromatic ring is 1. The molecule has 0 bridgehead atoms. The molecule has 14 heteroatoms. The van der Waals surface area contributed by atoms with E-state index >= 15 is 0 Å². The first-order valence-electron chi connectivity index (χ1n) is 12.1. The first-order valence-corrected chi connectivity index (χ1v) is 14.8. The Kier molecular flexibility index (Phi) is 7.39. The molecule has 0 spiro atoms. The van der Waals surface area contributed by atoms with Crippen molar-refractivity contribution >= 4 is 54.6 Å². The van der Waals surface area contributed by atoms with Crippen LogP contribution in [0, 0.1) is 0 Å². The minimum Gasteiger partial charge on any atom is -0.389 e. The number of benzene rings is 2. The zero-order chi connectivity index (χ0) is 27.9. The maximum atomic E-state index is 13.1. The van der Waals surface area contributed by atoms with Crippen LogP contribution in [0.15, 0.2) is 48.7 Å². The fraction of sp³-hybridized carbons (Fsp3) is 0.320. The van der Waals surface area contributed by atoms with E-state index in [-0.39, 0.29) is 37.0 Å². The summed E-state index contributed by atoms with van der Waals surface area (Å²) in [4.78, 5) is 0.276. The molecule has 0 amide bonds. The molecule has 2 aromatic carbocycles. The Morgan fingerprint density at radius 3 is 2.49 bits per heavy atom. The normalized spacial score (nSPS) is 15.7. The number of sulfonamides is 1. The molecule has 39 heavy (non-hydrogen) atoms. The standard InChI is InChI=1S/C25H25F3N6O2S3/c26-25(27,28)39(35,36)33-10-8-18(9-11-33)34-14-20(16-2-1-3-17(13-16)23(29)37)19-6-4-15(12-21(19)34)5-7-22-31-32-24(30)38-22/h1-4,6,12-14,18H,5,7-11H2,(H2,29,37)(H2,30,32). The van der Waals surface area contributed by atoms with Gasteiger partial charge in [-0.2, -0.15) is 17.5 Å². The van der Waals surface area contributed by atoms with Crippen LogP contribution in [0.25, 0.3) is 22.0 Å². The number of fused-ring (bicyclic) bond motifs is 1. The van der Waals surface area contributed by atoms with Gasteiger partial charge in [-0.3, -0.25) is 0 Å². The average Bonchev–Trinajstić information content (AvgIpc) is 3.50. The topological polar surface area (TPSA) is 120 Å². The van der Waals surface area contributed by atoms with Crippen LogP contribution in [0.4, 0.5) is 18.3 Å². The van der Waals surface area contributed by atoms with E-state index in [4.69, 9.17) is 23.7 Å². The first kappa shape index (κ1) is 27.5. The summed E-state index contributed by atoms with van der Waals surface area (Å²) >= 11 is 6.49. The predicted octanol–water partition coefficient (Wildman–Crippen LogP) is 4.65. The number of hydrogen-bond donors (Lipinski definition) is 2. The maximum absolute atomic E-state index is 13.1. The number of aromatic nitrogens is 3.